The molecular weight excluding hydrogens is 729 g/mol. The van der Waals surface area contributed by atoms with Gasteiger partial charge in [-0.15, -0.1) is 0 Å². The molecule has 0 fully saturated rings. The molecule has 60 heavy (non-hydrogen) atoms. The largest absolute Gasteiger partial charge is 0.310 e. The summed E-state index contributed by atoms with van der Waals surface area (Å²) in [6.45, 7) is 0. The SMILES string of the molecule is c1ccc(-c2ccccc2-c2cccc3nc(-c4ccc(N(c5ccccc5)c5ccc6c(c5)c5ccccc5n6-c5ccccc5)cc4)c(-c4ccccc4)nc23)cc1. The summed E-state index contributed by atoms with van der Waals surface area (Å²) in [5, 5.41) is 2.42. The third-order valence-corrected chi connectivity index (χ3v) is 11.4. The van der Waals surface area contributed by atoms with Crippen molar-refractivity contribution in [2.24, 2.45) is 0 Å². The standard InChI is InChI=1S/C56H38N4/c1-5-18-39(19-6-1)46-26-13-14-27-47(46)49-29-17-30-51-56(49)58-55(40-20-7-2-8-21-40)54(57-51)41-32-34-44(35-33-41)59(42-22-9-3-10-23-42)45-36-37-53-50(38-45)48-28-15-16-31-52(48)60(53)43-24-11-4-12-25-43/h1-38H. The van der Waals surface area contributed by atoms with Crippen molar-refractivity contribution in [1.29, 1.82) is 0 Å². The number of hydrogen-bond donors (Lipinski definition) is 0. The number of para-hydroxylation sites is 4. The molecule has 11 rings (SSSR count). The average Bonchev–Trinajstić information content (AvgIpc) is 3.66. The minimum atomic E-state index is 0.843. The van der Waals surface area contributed by atoms with E-state index in [-0.39, 0.29) is 0 Å². The van der Waals surface area contributed by atoms with Gasteiger partial charge in [-0.1, -0.05) is 164 Å². The van der Waals surface area contributed by atoms with Crippen molar-refractivity contribution < 1.29 is 0 Å². The summed E-state index contributed by atoms with van der Waals surface area (Å²) in [5.74, 6) is 0. The van der Waals surface area contributed by atoms with Gasteiger partial charge in [-0.2, -0.15) is 0 Å². The second kappa shape index (κ2) is 15.0. The Morgan fingerprint density at radius 1 is 0.333 bits per heavy atom. The maximum Gasteiger partial charge on any atom is 0.0973 e. The van der Waals surface area contributed by atoms with Crippen molar-refractivity contribution in [3.8, 4) is 50.5 Å². The molecule has 282 valence electrons. The Morgan fingerprint density at radius 3 is 1.62 bits per heavy atom. The molecule has 0 radical (unpaired) electrons. The predicted molar refractivity (Wildman–Crippen MR) is 250 cm³/mol. The zero-order chi connectivity index (χ0) is 39.8. The van der Waals surface area contributed by atoms with E-state index in [1.165, 1.54) is 27.4 Å². The molecule has 0 atom stereocenters. The number of aromatic nitrogens is 3. The van der Waals surface area contributed by atoms with Gasteiger partial charge in [0.15, 0.2) is 0 Å². The molecule has 11 aromatic rings. The summed E-state index contributed by atoms with van der Waals surface area (Å²) in [6.07, 6.45) is 0. The Balaban J connectivity index is 1.05. The fourth-order valence-electron chi connectivity index (χ4n) is 8.63. The Labute approximate surface area is 348 Å². The average molecular weight is 767 g/mol. The topological polar surface area (TPSA) is 34.0 Å². The number of rotatable bonds is 8. The van der Waals surface area contributed by atoms with Gasteiger partial charge in [0.25, 0.3) is 0 Å². The molecule has 0 aliphatic heterocycles. The molecular formula is C56H38N4. The number of fused-ring (bicyclic) bond motifs is 4. The van der Waals surface area contributed by atoms with Gasteiger partial charge in [0.05, 0.1) is 33.5 Å². The molecule has 9 aromatic carbocycles. The highest BCUT2D eigenvalue weighted by atomic mass is 15.1. The van der Waals surface area contributed by atoms with Crippen LogP contribution in [0.2, 0.25) is 0 Å². The van der Waals surface area contributed by atoms with Gasteiger partial charge < -0.3 is 9.47 Å². The van der Waals surface area contributed by atoms with Gasteiger partial charge in [-0.25, -0.2) is 9.97 Å². The van der Waals surface area contributed by atoms with Crippen LogP contribution in [0.1, 0.15) is 0 Å². The van der Waals surface area contributed by atoms with Crippen LogP contribution in [0, 0.1) is 0 Å². The van der Waals surface area contributed by atoms with E-state index in [1.807, 2.05) is 6.07 Å². The van der Waals surface area contributed by atoms with Gasteiger partial charge in [0.1, 0.15) is 0 Å². The summed E-state index contributed by atoms with van der Waals surface area (Å²) in [4.78, 5) is 13.2. The summed E-state index contributed by atoms with van der Waals surface area (Å²) < 4.78 is 2.36. The lowest BCUT2D eigenvalue weighted by molar-refractivity contribution is 1.18. The van der Waals surface area contributed by atoms with Crippen molar-refractivity contribution >= 4 is 49.9 Å². The van der Waals surface area contributed by atoms with E-state index in [2.05, 4.69) is 234 Å². The van der Waals surface area contributed by atoms with Crippen LogP contribution in [-0.4, -0.2) is 14.5 Å². The fraction of sp³-hybridized carbons (Fsp3) is 0. The minimum absolute atomic E-state index is 0.843. The molecule has 0 bridgehead atoms. The number of hydrogen-bond acceptors (Lipinski definition) is 3. The van der Waals surface area contributed by atoms with Gasteiger partial charge in [0, 0.05) is 50.2 Å². The molecule has 0 amide bonds. The first-order valence-electron chi connectivity index (χ1n) is 20.3. The smallest absolute Gasteiger partial charge is 0.0973 e. The first-order chi connectivity index (χ1) is 29.8. The molecule has 0 aliphatic carbocycles. The highest BCUT2D eigenvalue weighted by Crippen LogP contribution is 2.42. The minimum Gasteiger partial charge on any atom is -0.310 e. The van der Waals surface area contributed by atoms with E-state index in [9.17, 15) is 0 Å². The van der Waals surface area contributed by atoms with E-state index in [4.69, 9.17) is 9.97 Å². The Kier molecular flexibility index (Phi) is 8.79. The lowest BCUT2D eigenvalue weighted by atomic mass is 9.93. The van der Waals surface area contributed by atoms with Gasteiger partial charge >= 0.3 is 0 Å². The predicted octanol–water partition coefficient (Wildman–Crippen LogP) is 14.9. The van der Waals surface area contributed by atoms with Crippen LogP contribution >= 0.6 is 0 Å². The number of benzene rings is 9. The molecule has 0 saturated carbocycles. The summed E-state index contributed by atoms with van der Waals surface area (Å²) in [6, 6.07) is 81.3. The van der Waals surface area contributed by atoms with E-state index < -0.39 is 0 Å². The molecule has 4 nitrogen and oxygen atoms in total. The van der Waals surface area contributed by atoms with Gasteiger partial charge in [-0.3, -0.25) is 0 Å². The molecule has 0 spiro atoms. The van der Waals surface area contributed by atoms with Crippen molar-refractivity contribution in [3.63, 3.8) is 0 Å². The maximum absolute atomic E-state index is 5.49. The highest BCUT2D eigenvalue weighted by Gasteiger charge is 2.20. The van der Waals surface area contributed by atoms with Crippen LogP contribution in [-0.2, 0) is 0 Å². The van der Waals surface area contributed by atoms with Crippen molar-refractivity contribution in [2.45, 2.75) is 0 Å². The Morgan fingerprint density at radius 2 is 0.867 bits per heavy atom. The maximum atomic E-state index is 5.49. The molecule has 0 saturated heterocycles. The zero-order valence-electron chi connectivity index (χ0n) is 32.7. The first kappa shape index (κ1) is 35.1. The lowest BCUT2D eigenvalue weighted by Crippen LogP contribution is -2.09. The molecule has 0 aliphatic rings. The summed E-state index contributed by atoms with van der Waals surface area (Å²) in [5.41, 5.74) is 16.7. The van der Waals surface area contributed by atoms with E-state index >= 15 is 0 Å². The second-order valence-corrected chi connectivity index (χ2v) is 15.0. The van der Waals surface area contributed by atoms with Crippen LogP contribution in [0.4, 0.5) is 17.1 Å². The van der Waals surface area contributed by atoms with Crippen molar-refractivity contribution in [3.05, 3.63) is 231 Å². The lowest BCUT2D eigenvalue weighted by Gasteiger charge is -2.26. The summed E-state index contributed by atoms with van der Waals surface area (Å²) >= 11 is 0. The molecule has 2 heterocycles. The third-order valence-electron chi connectivity index (χ3n) is 11.4. The van der Waals surface area contributed by atoms with Crippen LogP contribution in [0.3, 0.4) is 0 Å². The zero-order valence-corrected chi connectivity index (χ0v) is 32.7. The molecule has 0 N–H and O–H groups in total. The van der Waals surface area contributed by atoms with E-state index in [1.54, 1.807) is 0 Å². The second-order valence-electron chi connectivity index (χ2n) is 15.0. The fourth-order valence-corrected chi connectivity index (χ4v) is 8.63. The van der Waals surface area contributed by atoms with Gasteiger partial charge in [-0.05, 0) is 83.4 Å². The van der Waals surface area contributed by atoms with Crippen LogP contribution in [0.25, 0.3) is 83.3 Å². The molecule has 0 unspecified atom stereocenters. The van der Waals surface area contributed by atoms with Gasteiger partial charge in [0.2, 0.25) is 0 Å². The van der Waals surface area contributed by atoms with Crippen LogP contribution in [0.15, 0.2) is 231 Å². The van der Waals surface area contributed by atoms with E-state index in [0.29, 0.717) is 0 Å². The summed E-state index contributed by atoms with van der Waals surface area (Å²) in [7, 11) is 0. The number of anilines is 3. The van der Waals surface area contributed by atoms with Crippen molar-refractivity contribution in [2.75, 3.05) is 4.90 Å². The Hall–Kier alpha value is -8.08. The number of nitrogens with zero attached hydrogens (tertiary/aromatic N) is 4. The third kappa shape index (κ3) is 6.19. The van der Waals surface area contributed by atoms with Crippen molar-refractivity contribution in [1.82, 2.24) is 14.5 Å². The van der Waals surface area contributed by atoms with Crippen LogP contribution < -0.4 is 4.90 Å². The molecule has 2 aromatic heterocycles. The van der Waals surface area contributed by atoms with Crippen LogP contribution in [0.5, 0.6) is 0 Å². The monoisotopic (exact) mass is 766 g/mol. The quantitative estimate of drug-likeness (QED) is 0.154. The molecule has 4 heteroatoms. The Bertz CT molecular complexity index is 3290. The normalized spacial score (nSPS) is 11.3. The highest BCUT2D eigenvalue weighted by molar-refractivity contribution is 6.10. The van der Waals surface area contributed by atoms with E-state index in [0.717, 1.165) is 73.0 Å². The first-order valence-corrected chi connectivity index (χ1v) is 20.3.